The number of halogens is 4. The number of alkyl halides is 3. The molecule has 1 N–H and O–H groups in total. The predicted molar refractivity (Wildman–Crippen MR) is 96.8 cm³/mol. The third-order valence-corrected chi connectivity index (χ3v) is 6.46. The number of nitrogens with one attached hydrogen (secondary N) is 1. The van der Waals surface area contributed by atoms with Gasteiger partial charge in [0.2, 0.25) is 5.91 Å². The molecule has 0 aliphatic carbocycles. The zero-order valence-electron chi connectivity index (χ0n) is 14.6. The smallest absolute Gasteiger partial charge is 0.416 e. The normalized spacial score (nSPS) is 24.2. The van der Waals surface area contributed by atoms with Gasteiger partial charge in [0.05, 0.1) is 21.1 Å². The van der Waals surface area contributed by atoms with E-state index in [1.807, 2.05) is 6.92 Å². The SMILES string of the molecule is C[C@@]12CCC(=O)N1[C@@H](C(=O)OCC(=O)Nc1cc(C(F)(F)F)ccc1Cl)CS2. The summed E-state index contributed by atoms with van der Waals surface area (Å²) in [4.78, 5) is 37.3. The molecule has 2 aliphatic heterocycles. The Morgan fingerprint density at radius 2 is 2.14 bits per heavy atom. The molecule has 0 saturated carbocycles. The van der Waals surface area contributed by atoms with E-state index in [0.29, 0.717) is 24.7 Å². The molecule has 2 atom stereocenters. The molecule has 152 valence electrons. The van der Waals surface area contributed by atoms with Crippen LogP contribution < -0.4 is 5.32 Å². The Morgan fingerprint density at radius 1 is 1.43 bits per heavy atom. The highest BCUT2D eigenvalue weighted by Crippen LogP contribution is 2.47. The molecule has 2 saturated heterocycles. The van der Waals surface area contributed by atoms with Gasteiger partial charge in [0, 0.05) is 12.2 Å². The van der Waals surface area contributed by atoms with Gasteiger partial charge in [-0.25, -0.2) is 4.79 Å². The molecule has 3 rings (SSSR count). The molecule has 2 amide bonds. The summed E-state index contributed by atoms with van der Waals surface area (Å²) in [7, 11) is 0. The van der Waals surface area contributed by atoms with Gasteiger partial charge in [-0.2, -0.15) is 13.2 Å². The van der Waals surface area contributed by atoms with Gasteiger partial charge >= 0.3 is 12.1 Å². The van der Waals surface area contributed by atoms with E-state index in [9.17, 15) is 27.6 Å². The fourth-order valence-corrected chi connectivity index (χ4v) is 4.79. The second kappa shape index (κ2) is 7.47. The monoisotopic (exact) mass is 436 g/mol. The van der Waals surface area contributed by atoms with Crippen molar-refractivity contribution < 1.29 is 32.3 Å². The molecule has 2 heterocycles. The Labute approximate surface area is 167 Å². The van der Waals surface area contributed by atoms with E-state index in [0.717, 1.165) is 12.1 Å². The standard InChI is InChI=1S/C17H16ClF3N2O4S/c1-16-5-4-14(25)23(16)12(8-28-16)15(26)27-7-13(24)22-11-6-9(17(19,20)21)2-3-10(11)18/h2-3,6,12H,4-5,7-8H2,1H3,(H,22,24)/t12-,16-/m1/s1. The van der Waals surface area contributed by atoms with Gasteiger partial charge in [-0.05, 0) is 31.5 Å². The molecular weight excluding hydrogens is 421 g/mol. The van der Waals surface area contributed by atoms with Crippen LogP contribution in [0.1, 0.15) is 25.3 Å². The van der Waals surface area contributed by atoms with Gasteiger partial charge in [-0.1, -0.05) is 11.6 Å². The molecule has 6 nitrogen and oxygen atoms in total. The molecule has 0 bridgehead atoms. The fourth-order valence-electron chi connectivity index (χ4n) is 3.21. The van der Waals surface area contributed by atoms with Gasteiger partial charge in [-0.3, -0.25) is 9.59 Å². The summed E-state index contributed by atoms with van der Waals surface area (Å²) in [5, 5.41) is 2.11. The van der Waals surface area contributed by atoms with Crippen molar-refractivity contribution in [2.75, 3.05) is 17.7 Å². The van der Waals surface area contributed by atoms with Crippen molar-refractivity contribution in [2.24, 2.45) is 0 Å². The second-order valence-electron chi connectivity index (χ2n) is 6.61. The van der Waals surface area contributed by atoms with Crippen LogP contribution in [0.3, 0.4) is 0 Å². The lowest BCUT2D eigenvalue weighted by molar-refractivity contribution is -0.155. The zero-order valence-corrected chi connectivity index (χ0v) is 16.2. The summed E-state index contributed by atoms with van der Waals surface area (Å²) in [6, 6.07) is 1.72. The molecular formula is C17H16ClF3N2O4S. The summed E-state index contributed by atoms with van der Waals surface area (Å²) < 4.78 is 43.3. The minimum Gasteiger partial charge on any atom is -0.454 e. The van der Waals surface area contributed by atoms with Crippen LogP contribution in [0.15, 0.2) is 18.2 Å². The topological polar surface area (TPSA) is 75.7 Å². The molecule has 11 heteroatoms. The number of carbonyl (C=O) groups excluding carboxylic acids is 3. The van der Waals surface area contributed by atoms with Gasteiger partial charge in [0.25, 0.3) is 5.91 Å². The Bertz CT molecular complexity index is 835. The lowest BCUT2D eigenvalue weighted by Gasteiger charge is -2.29. The van der Waals surface area contributed by atoms with Gasteiger partial charge in [0.15, 0.2) is 6.61 Å². The average molecular weight is 437 g/mol. The first-order valence-corrected chi connectivity index (χ1v) is 9.67. The van der Waals surface area contributed by atoms with Gasteiger partial charge in [-0.15, -0.1) is 11.8 Å². The molecule has 28 heavy (non-hydrogen) atoms. The second-order valence-corrected chi connectivity index (χ2v) is 8.52. The number of hydrogen-bond acceptors (Lipinski definition) is 5. The number of esters is 1. The third-order valence-electron chi connectivity index (χ3n) is 4.63. The van der Waals surface area contributed by atoms with Crippen LogP contribution in [0.2, 0.25) is 5.02 Å². The maximum Gasteiger partial charge on any atom is 0.416 e. The van der Waals surface area contributed by atoms with Crippen LogP contribution >= 0.6 is 23.4 Å². The van der Waals surface area contributed by atoms with Crippen molar-refractivity contribution >= 4 is 46.8 Å². The van der Waals surface area contributed by atoms with E-state index < -0.39 is 41.1 Å². The molecule has 2 aliphatic rings. The Hall–Kier alpha value is -1.94. The predicted octanol–water partition coefficient (Wildman–Crippen LogP) is 3.29. The van der Waals surface area contributed by atoms with Crippen LogP contribution in [0.4, 0.5) is 18.9 Å². The quantitative estimate of drug-likeness (QED) is 0.733. The number of ether oxygens (including phenoxy) is 1. The fraction of sp³-hybridized carbons (Fsp3) is 0.471. The van der Waals surface area contributed by atoms with E-state index in [1.54, 1.807) is 0 Å². The maximum absolute atomic E-state index is 12.8. The van der Waals surface area contributed by atoms with E-state index in [4.69, 9.17) is 16.3 Å². The maximum atomic E-state index is 12.8. The Balaban J connectivity index is 1.59. The highest BCUT2D eigenvalue weighted by Gasteiger charge is 2.53. The van der Waals surface area contributed by atoms with Gasteiger partial charge < -0.3 is 15.0 Å². The number of carbonyl (C=O) groups is 3. The van der Waals surface area contributed by atoms with Crippen molar-refractivity contribution in [3.8, 4) is 0 Å². The van der Waals surface area contributed by atoms with Crippen LogP contribution in [-0.2, 0) is 25.3 Å². The summed E-state index contributed by atoms with van der Waals surface area (Å²) in [6.45, 7) is 1.17. The third kappa shape index (κ3) is 4.07. The van der Waals surface area contributed by atoms with Crippen LogP contribution in [-0.4, -0.2) is 46.0 Å². The summed E-state index contributed by atoms with van der Waals surface area (Å²) >= 11 is 7.29. The zero-order chi connectivity index (χ0) is 20.7. The number of nitrogens with zero attached hydrogens (tertiary/aromatic N) is 1. The number of benzene rings is 1. The van der Waals surface area contributed by atoms with Gasteiger partial charge in [0.1, 0.15) is 6.04 Å². The average Bonchev–Trinajstić information content (AvgIpc) is 3.10. The van der Waals surface area contributed by atoms with Crippen molar-refractivity contribution in [3.05, 3.63) is 28.8 Å². The van der Waals surface area contributed by atoms with Crippen LogP contribution in [0.25, 0.3) is 0 Å². The highest BCUT2D eigenvalue weighted by atomic mass is 35.5. The largest absolute Gasteiger partial charge is 0.454 e. The van der Waals surface area contributed by atoms with E-state index in [2.05, 4.69) is 5.32 Å². The number of amides is 2. The molecule has 0 unspecified atom stereocenters. The van der Waals surface area contributed by atoms with Crippen molar-refractivity contribution in [1.29, 1.82) is 0 Å². The lowest BCUT2D eigenvalue weighted by atomic mass is 10.2. The van der Waals surface area contributed by atoms with Crippen LogP contribution in [0.5, 0.6) is 0 Å². The van der Waals surface area contributed by atoms with Crippen LogP contribution in [0, 0.1) is 0 Å². The highest BCUT2D eigenvalue weighted by molar-refractivity contribution is 8.01. The lowest BCUT2D eigenvalue weighted by Crippen LogP contribution is -2.47. The van der Waals surface area contributed by atoms with E-state index in [-0.39, 0.29) is 16.6 Å². The molecule has 1 aromatic rings. The summed E-state index contributed by atoms with van der Waals surface area (Å²) in [5.41, 5.74) is -1.21. The minimum atomic E-state index is -4.59. The Kier molecular flexibility index (Phi) is 5.55. The molecule has 2 fully saturated rings. The number of rotatable bonds is 4. The first kappa shape index (κ1) is 20.8. The number of anilines is 1. The number of fused-ring (bicyclic) bond motifs is 1. The van der Waals surface area contributed by atoms with E-state index >= 15 is 0 Å². The molecule has 0 aromatic heterocycles. The summed E-state index contributed by atoms with van der Waals surface area (Å²) in [5.74, 6) is -1.34. The summed E-state index contributed by atoms with van der Waals surface area (Å²) in [6.07, 6.45) is -3.61. The van der Waals surface area contributed by atoms with Crippen molar-refractivity contribution in [3.63, 3.8) is 0 Å². The number of hydrogen-bond donors (Lipinski definition) is 1. The van der Waals surface area contributed by atoms with E-state index in [1.165, 1.54) is 16.7 Å². The van der Waals surface area contributed by atoms with Crippen molar-refractivity contribution in [1.82, 2.24) is 4.90 Å². The first-order chi connectivity index (χ1) is 13.0. The first-order valence-electron chi connectivity index (χ1n) is 8.30. The minimum absolute atomic E-state index is 0.0849. The number of thioether (sulfide) groups is 1. The molecule has 0 radical (unpaired) electrons. The van der Waals surface area contributed by atoms with Crippen molar-refractivity contribution in [2.45, 2.75) is 36.9 Å². The molecule has 1 aromatic carbocycles. The molecule has 0 spiro atoms. The Morgan fingerprint density at radius 3 is 2.82 bits per heavy atom.